The number of aromatic amines is 1. The van der Waals surface area contributed by atoms with E-state index in [0.29, 0.717) is 18.3 Å². The lowest BCUT2D eigenvalue weighted by atomic mass is 10.0. The Bertz CT molecular complexity index is 1480. The number of aryl methyl sites for hydroxylation is 1. The zero-order valence-corrected chi connectivity index (χ0v) is 25.9. The summed E-state index contributed by atoms with van der Waals surface area (Å²) < 4.78 is 20.8. The van der Waals surface area contributed by atoms with Gasteiger partial charge >= 0.3 is 0 Å². The number of H-pyrrole nitrogens is 1. The van der Waals surface area contributed by atoms with Crippen LogP contribution in [0.1, 0.15) is 60.0 Å². The Balaban J connectivity index is 0.963. The highest BCUT2D eigenvalue weighted by Crippen LogP contribution is 2.32. The number of unbranched alkanes of at least 4 members (excludes halogenated alkanes) is 3. The summed E-state index contributed by atoms with van der Waals surface area (Å²) in [6.07, 6.45) is 10.8. The molecule has 0 unspecified atom stereocenters. The molecule has 1 fully saturated rings. The smallest absolute Gasteiger partial charge is 0.261 e. The van der Waals surface area contributed by atoms with Crippen LogP contribution in [0.15, 0.2) is 54.7 Å². The summed E-state index contributed by atoms with van der Waals surface area (Å²) in [6, 6.07) is 16.0. The number of rotatable bonds is 14. The molecule has 4 aromatic rings. The minimum absolute atomic E-state index is 0.0752. The van der Waals surface area contributed by atoms with Gasteiger partial charge in [0.15, 0.2) is 0 Å². The third-order valence-electron chi connectivity index (χ3n) is 8.20. The molecule has 7 nitrogen and oxygen atoms in total. The van der Waals surface area contributed by atoms with Crippen LogP contribution in [0.2, 0.25) is 0 Å². The molecule has 1 aliphatic rings. The normalized spacial score (nSPS) is 14.5. The van der Waals surface area contributed by atoms with Gasteiger partial charge in [-0.1, -0.05) is 30.5 Å². The average molecular weight is 590 g/mol. The fourth-order valence-corrected chi connectivity index (χ4v) is 6.23. The Kier molecular flexibility index (Phi) is 10.7. The molecule has 2 heterocycles. The van der Waals surface area contributed by atoms with E-state index < -0.39 is 0 Å². The molecule has 5 rings (SSSR count). The van der Waals surface area contributed by atoms with Crippen LogP contribution in [0.3, 0.4) is 0 Å². The monoisotopic (exact) mass is 589 g/mol. The molecule has 0 aliphatic carbocycles. The molecule has 42 heavy (non-hydrogen) atoms. The van der Waals surface area contributed by atoms with Crippen molar-refractivity contribution >= 4 is 39.5 Å². The number of nitrogens with zero attached hydrogens (tertiary/aromatic N) is 1. The number of hydrogen-bond acceptors (Lipinski definition) is 6. The second-order valence-corrected chi connectivity index (χ2v) is 11.7. The van der Waals surface area contributed by atoms with E-state index in [1.165, 1.54) is 34.0 Å². The van der Waals surface area contributed by atoms with Crippen molar-refractivity contribution in [1.29, 1.82) is 0 Å². The lowest BCUT2D eigenvalue weighted by Gasteiger charge is -2.32. The zero-order valence-electron chi connectivity index (χ0n) is 25.0. The second-order valence-electron chi connectivity index (χ2n) is 11.1. The first-order valence-electron chi connectivity index (χ1n) is 15.0. The number of benzene rings is 3. The SMILES string of the molecule is COc1cc(C)c2[nH]ccc2c1CN1CCC(OCCCCCCOc2ccc3c(C(=O)NSC)cccc3c2)CC1. The number of carbonyl (C=O) groups excluding carboxylic acids is 1. The predicted octanol–water partition coefficient (Wildman–Crippen LogP) is 7.27. The van der Waals surface area contributed by atoms with Crippen LogP contribution in [0.25, 0.3) is 21.7 Å². The third-order valence-corrected chi connectivity index (χ3v) is 8.59. The van der Waals surface area contributed by atoms with Gasteiger partial charge in [0.25, 0.3) is 5.91 Å². The van der Waals surface area contributed by atoms with Gasteiger partial charge in [0, 0.05) is 60.7 Å². The first-order valence-corrected chi connectivity index (χ1v) is 16.3. The van der Waals surface area contributed by atoms with Gasteiger partial charge in [-0.2, -0.15) is 0 Å². The number of fused-ring (bicyclic) bond motifs is 2. The summed E-state index contributed by atoms with van der Waals surface area (Å²) in [5.74, 6) is 1.75. The largest absolute Gasteiger partial charge is 0.496 e. The minimum atomic E-state index is -0.0752. The van der Waals surface area contributed by atoms with Crippen molar-refractivity contribution in [2.75, 3.05) is 39.7 Å². The van der Waals surface area contributed by atoms with Gasteiger partial charge in [-0.25, -0.2) is 0 Å². The van der Waals surface area contributed by atoms with E-state index in [4.69, 9.17) is 14.2 Å². The van der Waals surface area contributed by atoms with Gasteiger partial charge in [0.05, 0.1) is 19.8 Å². The van der Waals surface area contributed by atoms with Crippen LogP contribution in [0.4, 0.5) is 0 Å². The highest BCUT2D eigenvalue weighted by atomic mass is 32.2. The summed E-state index contributed by atoms with van der Waals surface area (Å²) in [5.41, 5.74) is 4.38. The molecule has 0 bridgehead atoms. The van der Waals surface area contributed by atoms with Gasteiger partial charge in [0.2, 0.25) is 0 Å². The Hall–Kier alpha value is -3.20. The molecule has 8 heteroatoms. The summed E-state index contributed by atoms with van der Waals surface area (Å²) >= 11 is 1.31. The summed E-state index contributed by atoms with van der Waals surface area (Å²) in [7, 11) is 1.76. The molecular weight excluding hydrogens is 546 g/mol. The van der Waals surface area contributed by atoms with Crippen molar-refractivity contribution in [3.63, 3.8) is 0 Å². The summed E-state index contributed by atoms with van der Waals surface area (Å²) in [5, 5.41) is 3.21. The number of ether oxygens (including phenoxy) is 3. The van der Waals surface area contributed by atoms with Crippen molar-refractivity contribution in [1.82, 2.24) is 14.6 Å². The second kappa shape index (κ2) is 14.8. The van der Waals surface area contributed by atoms with Gasteiger partial charge in [-0.3, -0.25) is 14.4 Å². The molecular formula is C34H43N3O4S. The van der Waals surface area contributed by atoms with Crippen LogP contribution in [0, 0.1) is 6.92 Å². The van der Waals surface area contributed by atoms with Crippen molar-refractivity contribution in [2.45, 2.75) is 58.1 Å². The lowest BCUT2D eigenvalue weighted by molar-refractivity contribution is 0.00419. The quantitative estimate of drug-likeness (QED) is 0.119. The van der Waals surface area contributed by atoms with E-state index >= 15 is 0 Å². The Labute approximate surface area is 253 Å². The van der Waals surface area contributed by atoms with Crippen molar-refractivity contribution in [3.8, 4) is 11.5 Å². The third kappa shape index (κ3) is 7.41. The van der Waals surface area contributed by atoms with Crippen molar-refractivity contribution in [2.24, 2.45) is 0 Å². The molecule has 224 valence electrons. The first-order chi connectivity index (χ1) is 20.6. The predicted molar refractivity (Wildman–Crippen MR) is 173 cm³/mol. The van der Waals surface area contributed by atoms with Crippen LogP contribution >= 0.6 is 11.9 Å². The van der Waals surface area contributed by atoms with Crippen LogP contribution in [-0.2, 0) is 11.3 Å². The topological polar surface area (TPSA) is 75.8 Å². The minimum Gasteiger partial charge on any atom is -0.496 e. The van der Waals surface area contributed by atoms with Crippen molar-refractivity contribution in [3.05, 3.63) is 71.4 Å². The number of nitrogens with one attached hydrogen (secondary N) is 2. The van der Waals surface area contributed by atoms with E-state index in [0.717, 1.165) is 87.0 Å². The van der Waals surface area contributed by atoms with Crippen LogP contribution in [0.5, 0.6) is 11.5 Å². The highest BCUT2D eigenvalue weighted by molar-refractivity contribution is 7.97. The average Bonchev–Trinajstić information content (AvgIpc) is 3.51. The lowest BCUT2D eigenvalue weighted by Crippen LogP contribution is -2.36. The molecule has 0 spiro atoms. The standard InChI is InChI=1S/C34H43N3O4S/c1-24-21-32(39-2)31(29-13-16-35-33(24)29)23-37-17-14-26(15-18-37)40-19-6-4-5-7-20-41-27-11-12-28-25(22-27)9-8-10-30(28)34(38)36-42-3/h8-13,16,21-22,26,35H,4-7,14-15,17-20,23H2,1-3H3,(H,36,38). The Morgan fingerprint density at radius 1 is 1.02 bits per heavy atom. The van der Waals surface area contributed by atoms with Gasteiger partial charge < -0.3 is 19.2 Å². The number of hydrogen-bond donors (Lipinski definition) is 2. The molecule has 0 radical (unpaired) electrons. The van der Waals surface area contributed by atoms with Gasteiger partial charge in [-0.15, -0.1) is 0 Å². The van der Waals surface area contributed by atoms with Crippen LogP contribution in [-0.4, -0.2) is 61.6 Å². The summed E-state index contributed by atoms with van der Waals surface area (Å²) in [6.45, 7) is 6.65. The maximum Gasteiger partial charge on any atom is 0.261 e. The molecule has 3 aromatic carbocycles. The number of likely N-dealkylation sites (tertiary alicyclic amines) is 1. The number of piperidine rings is 1. The first kappa shape index (κ1) is 30.3. The number of aromatic nitrogens is 1. The molecule has 1 aromatic heterocycles. The number of carbonyl (C=O) groups is 1. The molecule has 1 amide bonds. The molecule has 1 saturated heterocycles. The van der Waals surface area contributed by atoms with Crippen molar-refractivity contribution < 1.29 is 19.0 Å². The number of methoxy groups -OCH3 is 1. The van der Waals surface area contributed by atoms with E-state index in [1.807, 2.05) is 48.9 Å². The fraction of sp³-hybridized carbons (Fsp3) is 0.441. The molecule has 2 N–H and O–H groups in total. The number of amides is 1. The maximum absolute atomic E-state index is 12.3. The van der Waals surface area contributed by atoms with E-state index in [2.05, 4.69) is 33.7 Å². The molecule has 0 atom stereocenters. The van der Waals surface area contributed by atoms with E-state index in [1.54, 1.807) is 7.11 Å². The highest BCUT2D eigenvalue weighted by Gasteiger charge is 2.22. The fourth-order valence-electron chi connectivity index (χ4n) is 5.93. The molecule has 0 saturated carbocycles. The van der Waals surface area contributed by atoms with Gasteiger partial charge in [-0.05, 0) is 91.8 Å². The van der Waals surface area contributed by atoms with Gasteiger partial charge in [0.1, 0.15) is 11.5 Å². The Morgan fingerprint density at radius 3 is 2.62 bits per heavy atom. The maximum atomic E-state index is 12.3. The van der Waals surface area contributed by atoms with Crippen LogP contribution < -0.4 is 14.2 Å². The summed E-state index contributed by atoms with van der Waals surface area (Å²) in [4.78, 5) is 18.2. The van der Waals surface area contributed by atoms with E-state index in [9.17, 15) is 4.79 Å². The molecule has 1 aliphatic heterocycles. The Morgan fingerprint density at radius 2 is 1.83 bits per heavy atom. The van der Waals surface area contributed by atoms with E-state index in [-0.39, 0.29) is 5.91 Å². The zero-order chi connectivity index (χ0) is 29.3.